The molecule has 0 saturated carbocycles. The molecule has 22 heavy (non-hydrogen) atoms. The minimum absolute atomic E-state index is 0.102. The molecule has 5 nitrogen and oxygen atoms in total. The molecule has 1 aliphatic heterocycles. The number of carboxylic acids is 1. The minimum atomic E-state index is -2.93. The quantitative estimate of drug-likeness (QED) is 0.849. The van der Waals surface area contributed by atoms with Crippen molar-refractivity contribution >= 4 is 42.6 Å². The molecular formula is C15H16BrNO4S. The number of nitrogens with one attached hydrogen (secondary N) is 1. The van der Waals surface area contributed by atoms with Gasteiger partial charge in [-0.25, -0.2) is 13.2 Å². The number of aromatic carboxylic acids is 1. The number of carbonyl (C=O) groups is 1. The highest BCUT2D eigenvalue weighted by Gasteiger charge is 2.26. The number of benzene rings is 1. The molecule has 0 spiro atoms. The first kappa shape index (κ1) is 15.6. The van der Waals surface area contributed by atoms with Crippen LogP contribution in [0.3, 0.4) is 0 Å². The summed E-state index contributed by atoms with van der Waals surface area (Å²) in [6.45, 7) is 0. The van der Waals surface area contributed by atoms with Gasteiger partial charge in [-0.1, -0.05) is 15.9 Å². The molecule has 1 aliphatic rings. The average Bonchev–Trinajstić information content (AvgIpc) is 2.79. The normalized spacial score (nSPS) is 21.0. The molecule has 0 radical (unpaired) electrons. The van der Waals surface area contributed by atoms with Crippen LogP contribution in [0.4, 0.5) is 0 Å². The molecular weight excluding hydrogens is 370 g/mol. The van der Waals surface area contributed by atoms with E-state index in [4.69, 9.17) is 0 Å². The zero-order valence-corrected chi connectivity index (χ0v) is 14.2. The third-order valence-electron chi connectivity index (χ3n) is 4.14. The van der Waals surface area contributed by atoms with Crippen LogP contribution in [0.2, 0.25) is 0 Å². The van der Waals surface area contributed by atoms with Gasteiger partial charge in [0.25, 0.3) is 0 Å². The largest absolute Gasteiger partial charge is 0.478 e. The number of aromatic nitrogens is 1. The first-order chi connectivity index (χ1) is 10.4. The van der Waals surface area contributed by atoms with E-state index in [9.17, 15) is 18.3 Å². The molecule has 1 aromatic carbocycles. The molecule has 2 heterocycles. The number of fused-ring (bicyclic) bond motifs is 1. The SMILES string of the molecule is O=C(O)c1cc(Br)cc2c(CC3CCCS(=O)(=O)C3)c[nH]c12. The van der Waals surface area contributed by atoms with Crippen LogP contribution in [0.1, 0.15) is 28.8 Å². The highest BCUT2D eigenvalue weighted by molar-refractivity contribution is 9.10. The van der Waals surface area contributed by atoms with E-state index in [1.807, 2.05) is 6.07 Å². The van der Waals surface area contributed by atoms with Crippen molar-refractivity contribution in [2.75, 3.05) is 11.5 Å². The highest BCUT2D eigenvalue weighted by Crippen LogP contribution is 2.30. The second kappa shape index (κ2) is 5.70. The maximum Gasteiger partial charge on any atom is 0.337 e. The number of sulfone groups is 1. The van der Waals surface area contributed by atoms with Gasteiger partial charge in [0.2, 0.25) is 0 Å². The van der Waals surface area contributed by atoms with Crippen molar-refractivity contribution in [2.45, 2.75) is 19.3 Å². The summed E-state index contributed by atoms with van der Waals surface area (Å²) in [6.07, 6.45) is 4.05. The predicted molar refractivity (Wildman–Crippen MR) is 88.0 cm³/mol. The molecule has 1 aromatic heterocycles. The summed E-state index contributed by atoms with van der Waals surface area (Å²) >= 11 is 3.34. The third kappa shape index (κ3) is 3.05. The molecule has 118 valence electrons. The van der Waals surface area contributed by atoms with Gasteiger partial charge in [-0.2, -0.15) is 0 Å². The second-order valence-electron chi connectivity index (χ2n) is 5.82. The van der Waals surface area contributed by atoms with E-state index >= 15 is 0 Å². The summed E-state index contributed by atoms with van der Waals surface area (Å²) in [5.74, 6) is -0.379. The van der Waals surface area contributed by atoms with Crippen LogP contribution >= 0.6 is 15.9 Å². The second-order valence-corrected chi connectivity index (χ2v) is 8.97. The first-order valence-corrected chi connectivity index (χ1v) is 9.70. The number of carboxylic acid groups (broad SMARTS) is 1. The number of aromatic amines is 1. The van der Waals surface area contributed by atoms with Crippen molar-refractivity contribution in [1.29, 1.82) is 0 Å². The van der Waals surface area contributed by atoms with Gasteiger partial charge in [0.15, 0.2) is 9.84 Å². The summed E-state index contributed by atoms with van der Waals surface area (Å²) < 4.78 is 24.2. The Morgan fingerprint density at radius 1 is 1.41 bits per heavy atom. The Balaban J connectivity index is 1.97. The van der Waals surface area contributed by atoms with Gasteiger partial charge in [-0.15, -0.1) is 0 Å². The van der Waals surface area contributed by atoms with E-state index in [1.165, 1.54) is 0 Å². The zero-order chi connectivity index (χ0) is 15.9. The van der Waals surface area contributed by atoms with Gasteiger partial charge in [-0.05, 0) is 42.9 Å². The fourth-order valence-corrected chi connectivity index (χ4v) is 5.41. The van der Waals surface area contributed by atoms with Crippen LogP contribution < -0.4 is 0 Å². The number of halogens is 1. The van der Waals surface area contributed by atoms with Crippen LogP contribution in [0.5, 0.6) is 0 Å². The van der Waals surface area contributed by atoms with Crippen LogP contribution in [-0.2, 0) is 16.3 Å². The van der Waals surface area contributed by atoms with E-state index in [2.05, 4.69) is 20.9 Å². The molecule has 0 aliphatic carbocycles. The van der Waals surface area contributed by atoms with Gasteiger partial charge in [0.1, 0.15) is 0 Å². The Kier molecular flexibility index (Phi) is 4.03. The minimum Gasteiger partial charge on any atom is -0.478 e. The molecule has 1 fully saturated rings. The number of hydrogen-bond acceptors (Lipinski definition) is 3. The lowest BCUT2D eigenvalue weighted by Crippen LogP contribution is -2.26. The Labute approximate surface area is 136 Å². The monoisotopic (exact) mass is 385 g/mol. The standard InChI is InChI=1S/C15H16BrNO4S/c16-11-5-12-10(4-9-2-1-3-22(20,21)8-9)7-17-14(12)13(6-11)15(18)19/h5-7,9,17H,1-4,8H2,(H,18,19). The van der Waals surface area contributed by atoms with Crippen molar-refractivity contribution < 1.29 is 18.3 Å². The third-order valence-corrected chi connectivity index (χ3v) is 6.48. The van der Waals surface area contributed by atoms with Crippen LogP contribution in [0.25, 0.3) is 10.9 Å². The van der Waals surface area contributed by atoms with E-state index in [-0.39, 0.29) is 23.0 Å². The predicted octanol–water partition coefficient (Wildman–Crippen LogP) is 3.00. The molecule has 1 saturated heterocycles. The molecule has 1 unspecified atom stereocenters. The summed E-state index contributed by atoms with van der Waals surface area (Å²) in [6, 6.07) is 3.45. The fourth-order valence-electron chi connectivity index (χ4n) is 3.18. The number of H-pyrrole nitrogens is 1. The summed E-state index contributed by atoms with van der Waals surface area (Å²) in [4.78, 5) is 14.4. The Hall–Kier alpha value is -1.34. The summed E-state index contributed by atoms with van der Waals surface area (Å²) in [5, 5.41) is 10.1. The van der Waals surface area contributed by atoms with Crippen LogP contribution in [-0.4, -0.2) is 36.0 Å². The highest BCUT2D eigenvalue weighted by atomic mass is 79.9. The van der Waals surface area contributed by atoms with E-state index in [1.54, 1.807) is 12.3 Å². The average molecular weight is 386 g/mol. The number of hydrogen-bond donors (Lipinski definition) is 2. The Morgan fingerprint density at radius 2 is 2.18 bits per heavy atom. The van der Waals surface area contributed by atoms with E-state index in [0.717, 1.165) is 17.4 Å². The molecule has 1 atom stereocenters. The zero-order valence-electron chi connectivity index (χ0n) is 11.8. The van der Waals surface area contributed by atoms with Gasteiger partial charge >= 0.3 is 5.97 Å². The Morgan fingerprint density at radius 3 is 2.86 bits per heavy atom. The molecule has 3 rings (SSSR count). The molecule has 2 N–H and O–H groups in total. The lowest BCUT2D eigenvalue weighted by atomic mass is 9.95. The Bertz CT molecular complexity index is 841. The number of rotatable bonds is 3. The maximum absolute atomic E-state index is 11.8. The van der Waals surface area contributed by atoms with E-state index < -0.39 is 15.8 Å². The lowest BCUT2D eigenvalue weighted by Gasteiger charge is -2.21. The summed E-state index contributed by atoms with van der Waals surface area (Å²) in [5.41, 5.74) is 1.78. The fraction of sp³-hybridized carbons (Fsp3) is 0.400. The van der Waals surface area contributed by atoms with Crippen molar-refractivity contribution in [3.05, 3.63) is 33.9 Å². The van der Waals surface area contributed by atoms with Crippen molar-refractivity contribution in [1.82, 2.24) is 4.98 Å². The van der Waals surface area contributed by atoms with Crippen molar-refractivity contribution in [3.63, 3.8) is 0 Å². The van der Waals surface area contributed by atoms with Gasteiger partial charge in [0, 0.05) is 16.1 Å². The molecule has 7 heteroatoms. The first-order valence-electron chi connectivity index (χ1n) is 7.09. The van der Waals surface area contributed by atoms with Crippen molar-refractivity contribution in [2.24, 2.45) is 5.92 Å². The van der Waals surface area contributed by atoms with Gasteiger partial charge in [0.05, 0.1) is 22.6 Å². The van der Waals surface area contributed by atoms with Crippen molar-refractivity contribution in [3.8, 4) is 0 Å². The molecule has 0 bridgehead atoms. The summed E-state index contributed by atoms with van der Waals surface area (Å²) in [7, 11) is -2.93. The lowest BCUT2D eigenvalue weighted by molar-refractivity contribution is 0.0698. The van der Waals surface area contributed by atoms with Gasteiger partial charge in [-0.3, -0.25) is 0 Å². The maximum atomic E-state index is 11.8. The smallest absolute Gasteiger partial charge is 0.337 e. The van der Waals surface area contributed by atoms with Gasteiger partial charge < -0.3 is 10.1 Å². The topological polar surface area (TPSA) is 87.2 Å². The van der Waals surface area contributed by atoms with Crippen LogP contribution in [0, 0.1) is 5.92 Å². The van der Waals surface area contributed by atoms with E-state index in [0.29, 0.717) is 22.8 Å². The van der Waals surface area contributed by atoms with Crippen LogP contribution in [0.15, 0.2) is 22.8 Å². The molecule has 2 aromatic rings. The molecule has 0 amide bonds.